The molecular formula is C17H32O5Si. The highest BCUT2D eigenvalue weighted by Gasteiger charge is 2.53. The molecule has 23 heavy (non-hydrogen) atoms. The molecule has 2 rings (SSSR count). The number of esters is 1. The normalized spacial score (nSPS) is 31.7. The van der Waals surface area contributed by atoms with Crippen LogP contribution in [0, 0.1) is 11.8 Å². The molecule has 5 nitrogen and oxygen atoms in total. The van der Waals surface area contributed by atoms with Crippen molar-refractivity contribution in [3.05, 3.63) is 0 Å². The lowest BCUT2D eigenvalue weighted by Gasteiger charge is -2.38. The van der Waals surface area contributed by atoms with Gasteiger partial charge in [-0.05, 0) is 36.9 Å². The SMILES string of the molecule is CC(=O)OC[C@@H]1[C@@H](CO[Si](C)(C)C(C)(C)C)CCC12CCOO2. The summed E-state index contributed by atoms with van der Waals surface area (Å²) in [6.07, 6.45) is 2.85. The number of ether oxygens (including phenoxy) is 1. The number of hydrogen-bond donors (Lipinski definition) is 0. The topological polar surface area (TPSA) is 54.0 Å². The third-order valence-corrected chi connectivity index (χ3v) is 10.4. The van der Waals surface area contributed by atoms with E-state index in [2.05, 4.69) is 33.9 Å². The zero-order chi connectivity index (χ0) is 17.3. The van der Waals surface area contributed by atoms with Gasteiger partial charge in [-0.25, -0.2) is 9.78 Å². The summed E-state index contributed by atoms with van der Waals surface area (Å²) in [7, 11) is -1.78. The van der Waals surface area contributed by atoms with E-state index in [-0.39, 0.29) is 22.5 Å². The highest BCUT2D eigenvalue weighted by Crippen LogP contribution is 2.48. The van der Waals surface area contributed by atoms with E-state index in [4.69, 9.17) is 18.9 Å². The van der Waals surface area contributed by atoms with Gasteiger partial charge in [0.25, 0.3) is 0 Å². The second-order valence-electron chi connectivity index (χ2n) is 8.50. The van der Waals surface area contributed by atoms with Crippen LogP contribution in [0.1, 0.15) is 47.0 Å². The molecule has 1 aliphatic heterocycles. The monoisotopic (exact) mass is 344 g/mol. The average Bonchev–Trinajstić information content (AvgIpc) is 3.02. The Hall–Kier alpha value is -0.433. The second kappa shape index (κ2) is 6.82. The maximum Gasteiger partial charge on any atom is 0.302 e. The Bertz CT molecular complexity index is 423. The van der Waals surface area contributed by atoms with Gasteiger partial charge in [-0.2, -0.15) is 0 Å². The molecule has 1 unspecified atom stereocenters. The minimum Gasteiger partial charge on any atom is -0.465 e. The van der Waals surface area contributed by atoms with Gasteiger partial charge in [0, 0.05) is 25.9 Å². The van der Waals surface area contributed by atoms with Crippen LogP contribution >= 0.6 is 0 Å². The predicted octanol–water partition coefficient (Wildman–Crippen LogP) is 3.69. The van der Waals surface area contributed by atoms with E-state index < -0.39 is 8.32 Å². The smallest absolute Gasteiger partial charge is 0.302 e. The maximum absolute atomic E-state index is 11.2. The van der Waals surface area contributed by atoms with Gasteiger partial charge in [0.2, 0.25) is 0 Å². The van der Waals surface area contributed by atoms with Crippen molar-refractivity contribution >= 4 is 14.3 Å². The molecule has 3 atom stereocenters. The highest BCUT2D eigenvalue weighted by molar-refractivity contribution is 6.74. The van der Waals surface area contributed by atoms with Gasteiger partial charge < -0.3 is 9.16 Å². The van der Waals surface area contributed by atoms with Crippen LogP contribution in [0.3, 0.4) is 0 Å². The molecule has 0 N–H and O–H groups in total. The Labute approximate surface area is 141 Å². The van der Waals surface area contributed by atoms with Crippen LogP contribution < -0.4 is 0 Å². The molecule has 2 fully saturated rings. The van der Waals surface area contributed by atoms with Crippen molar-refractivity contribution in [3.63, 3.8) is 0 Å². The summed E-state index contributed by atoms with van der Waals surface area (Å²) >= 11 is 0. The third-order valence-electron chi connectivity index (χ3n) is 5.95. The molecule has 1 aliphatic carbocycles. The molecule has 1 spiro atoms. The third kappa shape index (κ3) is 4.16. The number of carbonyl (C=O) groups excluding carboxylic acids is 1. The highest BCUT2D eigenvalue weighted by atomic mass is 28.4. The molecule has 2 aliphatic rings. The Morgan fingerprint density at radius 2 is 1.96 bits per heavy atom. The summed E-state index contributed by atoms with van der Waals surface area (Å²) < 4.78 is 11.7. The first-order valence-corrected chi connectivity index (χ1v) is 11.6. The van der Waals surface area contributed by atoms with Gasteiger partial charge in [0.15, 0.2) is 8.32 Å². The molecule has 1 heterocycles. The lowest BCUT2D eigenvalue weighted by Crippen LogP contribution is -2.44. The summed E-state index contributed by atoms with van der Waals surface area (Å²) in [5, 5.41) is 0.196. The summed E-state index contributed by atoms with van der Waals surface area (Å²) in [5.41, 5.74) is -0.295. The van der Waals surface area contributed by atoms with Crippen molar-refractivity contribution in [2.75, 3.05) is 19.8 Å². The Kier molecular flexibility index (Phi) is 5.61. The van der Waals surface area contributed by atoms with Crippen molar-refractivity contribution in [1.82, 2.24) is 0 Å². The molecule has 0 aromatic carbocycles. The first-order chi connectivity index (χ1) is 10.6. The van der Waals surface area contributed by atoms with Crippen LogP contribution in [0.25, 0.3) is 0 Å². The van der Waals surface area contributed by atoms with Crippen LogP contribution in [0.4, 0.5) is 0 Å². The molecular weight excluding hydrogens is 312 g/mol. The van der Waals surface area contributed by atoms with Gasteiger partial charge in [0.1, 0.15) is 5.60 Å². The van der Waals surface area contributed by atoms with Crippen LogP contribution in [-0.4, -0.2) is 39.7 Å². The predicted molar refractivity (Wildman–Crippen MR) is 90.4 cm³/mol. The first kappa shape index (κ1) is 18.9. The minimum atomic E-state index is -1.78. The van der Waals surface area contributed by atoms with E-state index in [0.29, 0.717) is 25.7 Å². The van der Waals surface area contributed by atoms with E-state index in [1.807, 2.05) is 0 Å². The lowest BCUT2D eigenvalue weighted by atomic mass is 9.85. The quantitative estimate of drug-likeness (QED) is 0.432. The van der Waals surface area contributed by atoms with E-state index in [0.717, 1.165) is 19.3 Å². The molecule has 0 aromatic heterocycles. The largest absolute Gasteiger partial charge is 0.465 e. The van der Waals surface area contributed by atoms with Crippen LogP contribution in [-0.2, 0) is 23.7 Å². The first-order valence-electron chi connectivity index (χ1n) is 8.65. The Morgan fingerprint density at radius 1 is 1.26 bits per heavy atom. The van der Waals surface area contributed by atoms with Gasteiger partial charge in [-0.3, -0.25) is 4.79 Å². The zero-order valence-electron chi connectivity index (χ0n) is 15.4. The second-order valence-corrected chi connectivity index (χ2v) is 13.3. The van der Waals surface area contributed by atoms with Crippen molar-refractivity contribution in [2.45, 2.75) is 70.7 Å². The van der Waals surface area contributed by atoms with E-state index >= 15 is 0 Å². The van der Waals surface area contributed by atoms with Crippen LogP contribution in [0.5, 0.6) is 0 Å². The van der Waals surface area contributed by atoms with E-state index in [9.17, 15) is 4.79 Å². The van der Waals surface area contributed by atoms with Crippen molar-refractivity contribution in [1.29, 1.82) is 0 Å². The molecule has 0 aromatic rings. The fraction of sp³-hybridized carbons (Fsp3) is 0.941. The average molecular weight is 345 g/mol. The number of hydrogen-bond acceptors (Lipinski definition) is 5. The fourth-order valence-electron chi connectivity index (χ4n) is 3.30. The van der Waals surface area contributed by atoms with Crippen molar-refractivity contribution < 1.29 is 23.7 Å². The van der Waals surface area contributed by atoms with Crippen LogP contribution in [0.15, 0.2) is 0 Å². The molecule has 0 amide bonds. The summed E-state index contributed by atoms with van der Waals surface area (Å²) in [6.45, 7) is 14.5. The Morgan fingerprint density at radius 3 is 2.48 bits per heavy atom. The molecule has 0 bridgehead atoms. The van der Waals surface area contributed by atoms with Gasteiger partial charge in [-0.15, -0.1) is 0 Å². The fourth-order valence-corrected chi connectivity index (χ4v) is 4.37. The lowest BCUT2D eigenvalue weighted by molar-refractivity contribution is -0.319. The summed E-state index contributed by atoms with van der Waals surface area (Å²) in [6, 6.07) is 0. The number of rotatable bonds is 5. The maximum atomic E-state index is 11.2. The molecule has 1 saturated heterocycles. The van der Waals surface area contributed by atoms with Crippen LogP contribution in [0.2, 0.25) is 18.1 Å². The van der Waals surface area contributed by atoms with E-state index in [1.54, 1.807) is 0 Å². The van der Waals surface area contributed by atoms with Gasteiger partial charge in [-0.1, -0.05) is 20.8 Å². The molecule has 6 heteroatoms. The minimum absolute atomic E-state index is 0.152. The summed E-state index contributed by atoms with van der Waals surface area (Å²) in [5.74, 6) is 0.263. The van der Waals surface area contributed by atoms with Gasteiger partial charge >= 0.3 is 5.97 Å². The van der Waals surface area contributed by atoms with Gasteiger partial charge in [0.05, 0.1) is 13.2 Å². The Balaban J connectivity index is 2.03. The van der Waals surface area contributed by atoms with Crippen molar-refractivity contribution in [3.8, 4) is 0 Å². The molecule has 0 radical (unpaired) electrons. The standard InChI is InChI=1S/C17H32O5Si/c1-13(18)19-12-15-14(7-8-17(15)9-10-20-22-17)11-21-23(5,6)16(2,3)4/h14-15H,7-12H2,1-6H3/t14-,15-,17?/m1/s1. The zero-order valence-corrected chi connectivity index (χ0v) is 16.4. The molecule has 1 saturated carbocycles. The van der Waals surface area contributed by atoms with E-state index in [1.165, 1.54) is 6.92 Å². The number of carbonyl (C=O) groups is 1. The molecule has 134 valence electrons. The van der Waals surface area contributed by atoms with Crippen molar-refractivity contribution in [2.24, 2.45) is 11.8 Å². The summed E-state index contributed by atoms with van der Waals surface area (Å²) in [4.78, 5) is 22.1.